The van der Waals surface area contributed by atoms with Crippen molar-refractivity contribution in [2.24, 2.45) is 0 Å². The number of benzene rings is 2. The Hall–Kier alpha value is -1.78. The SMILES string of the molecule is Nc1cc(-c2ccc(Cl)cc2)nn1Cc1ccc(Br)cc1. The summed E-state index contributed by atoms with van der Waals surface area (Å²) >= 11 is 9.33. The fourth-order valence-electron chi connectivity index (χ4n) is 2.08. The maximum Gasteiger partial charge on any atom is 0.122 e. The lowest BCUT2D eigenvalue weighted by Crippen LogP contribution is -2.05. The lowest BCUT2D eigenvalue weighted by Gasteiger charge is -2.04. The summed E-state index contributed by atoms with van der Waals surface area (Å²) in [5, 5.41) is 5.27. The van der Waals surface area contributed by atoms with Crippen LogP contribution in [0.4, 0.5) is 5.82 Å². The summed E-state index contributed by atoms with van der Waals surface area (Å²) in [6, 6.07) is 17.6. The first kappa shape index (κ1) is 14.2. The molecule has 0 saturated carbocycles. The van der Waals surface area contributed by atoms with E-state index in [0.29, 0.717) is 17.4 Å². The highest BCUT2D eigenvalue weighted by Crippen LogP contribution is 2.23. The summed E-state index contributed by atoms with van der Waals surface area (Å²) < 4.78 is 2.86. The van der Waals surface area contributed by atoms with E-state index in [1.165, 1.54) is 0 Å². The fourth-order valence-corrected chi connectivity index (χ4v) is 2.47. The van der Waals surface area contributed by atoms with Gasteiger partial charge in [-0.1, -0.05) is 51.8 Å². The standard InChI is InChI=1S/C16H13BrClN3/c17-13-5-1-11(2-6-13)10-21-16(19)9-15(20-21)12-3-7-14(18)8-4-12/h1-9H,10,19H2. The maximum absolute atomic E-state index is 6.05. The summed E-state index contributed by atoms with van der Waals surface area (Å²) in [5.74, 6) is 0.642. The summed E-state index contributed by atoms with van der Waals surface area (Å²) in [6.45, 7) is 0.646. The Morgan fingerprint density at radius 1 is 1.05 bits per heavy atom. The number of halogens is 2. The Labute approximate surface area is 136 Å². The van der Waals surface area contributed by atoms with Crippen molar-refractivity contribution < 1.29 is 0 Å². The molecular formula is C16H13BrClN3. The van der Waals surface area contributed by atoms with Crippen LogP contribution >= 0.6 is 27.5 Å². The van der Waals surface area contributed by atoms with E-state index in [1.807, 2.05) is 54.6 Å². The molecule has 2 N–H and O–H groups in total. The molecule has 2 aromatic carbocycles. The van der Waals surface area contributed by atoms with Crippen molar-refractivity contribution in [1.82, 2.24) is 9.78 Å². The topological polar surface area (TPSA) is 43.8 Å². The van der Waals surface area contributed by atoms with Crippen molar-refractivity contribution in [1.29, 1.82) is 0 Å². The van der Waals surface area contributed by atoms with Crippen molar-refractivity contribution in [2.45, 2.75) is 6.54 Å². The number of rotatable bonds is 3. The second-order valence-electron chi connectivity index (χ2n) is 4.75. The van der Waals surface area contributed by atoms with E-state index in [0.717, 1.165) is 21.3 Å². The highest BCUT2D eigenvalue weighted by atomic mass is 79.9. The largest absolute Gasteiger partial charge is 0.384 e. The van der Waals surface area contributed by atoms with Crippen molar-refractivity contribution in [3.8, 4) is 11.3 Å². The first-order chi connectivity index (χ1) is 10.1. The summed E-state index contributed by atoms with van der Waals surface area (Å²) in [7, 11) is 0. The van der Waals surface area contributed by atoms with Crippen LogP contribution in [0.3, 0.4) is 0 Å². The van der Waals surface area contributed by atoms with Gasteiger partial charge < -0.3 is 5.73 Å². The molecule has 0 bridgehead atoms. The molecule has 21 heavy (non-hydrogen) atoms. The summed E-state index contributed by atoms with van der Waals surface area (Å²) in [5.41, 5.74) is 9.05. The van der Waals surface area contributed by atoms with Crippen LogP contribution in [0.1, 0.15) is 5.56 Å². The minimum atomic E-state index is 0.642. The van der Waals surface area contributed by atoms with Gasteiger partial charge >= 0.3 is 0 Å². The van der Waals surface area contributed by atoms with Crippen molar-refractivity contribution >= 4 is 33.3 Å². The van der Waals surface area contributed by atoms with Gasteiger partial charge in [0.05, 0.1) is 12.2 Å². The van der Waals surface area contributed by atoms with Crippen LogP contribution in [-0.2, 0) is 6.54 Å². The van der Waals surface area contributed by atoms with E-state index in [-0.39, 0.29) is 0 Å². The molecule has 0 saturated heterocycles. The van der Waals surface area contributed by atoms with Crippen LogP contribution in [0, 0.1) is 0 Å². The van der Waals surface area contributed by atoms with Gasteiger partial charge in [0.25, 0.3) is 0 Å². The third-order valence-electron chi connectivity index (χ3n) is 3.20. The zero-order valence-electron chi connectivity index (χ0n) is 11.1. The second kappa shape index (κ2) is 5.92. The molecule has 0 amide bonds. The number of nitrogen functional groups attached to an aromatic ring is 1. The van der Waals surface area contributed by atoms with Gasteiger partial charge in [0.1, 0.15) is 5.82 Å². The Morgan fingerprint density at radius 2 is 1.71 bits per heavy atom. The third kappa shape index (κ3) is 3.28. The van der Waals surface area contributed by atoms with Gasteiger partial charge in [0.2, 0.25) is 0 Å². The Kier molecular flexibility index (Phi) is 3.99. The molecule has 0 fully saturated rings. The highest BCUT2D eigenvalue weighted by Gasteiger charge is 2.07. The minimum Gasteiger partial charge on any atom is -0.384 e. The smallest absolute Gasteiger partial charge is 0.122 e. The molecule has 0 spiro atoms. The van der Waals surface area contributed by atoms with E-state index in [2.05, 4.69) is 21.0 Å². The van der Waals surface area contributed by atoms with Crippen LogP contribution in [0.5, 0.6) is 0 Å². The Morgan fingerprint density at radius 3 is 2.38 bits per heavy atom. The number of hydrogen-bond donors (Lipinski definition) is 1. The summed E-state index contributed by atoms with van der Waals surface area (Å²) in [6.07, 6.45) is 0. The van der Waals surface area contributed by atoms with Crippen molar-refractivity contribution in [3.63, 3.8) is 0 Å². The molecule has 0 aliphatic rings. The molecule has 3 aromatic rings. The number of nitrogens with two attached hydrogens (primary N) is 1. The molecule has 106 valence electrons. The number of anilines is 1. The fraction of sp³-hybridized carbons (Fsp3) is 0.0625. The zero-order valence-corrected chi connectivity index (χ0v) is 13.5. The monoisotopic (exact) mass is 361 g/mol. The zero-order chi connectivity index (χ0) is 14.8. The molecule has 0 unspecified atom stereocenters. The first-order valence-corrected chi connectivity index (χ1v) is 7.62. The average molecular weight is 363 g/mol. The molecule has 0 aliphatic heterocycles. The molecule has 3 nitrogen and oxygen atoms in total. The average Bonchev–Trinajstić information content (AvgIpc) is 2.83. The van der Waals surface area contributed by atoms with Crippen molar-refractivity contribution in [2.75, 3.05) is 5.73 Å². The lowest BCUT2D eigenvalue weighted by atomic mass is 10.1. The van der Waals surface area contributed by atoms with Gasteiger partial charge in [-0.05, 0) is 29.8 Å². The molecular weight excluding hydrogens is 350 g/mol. The lowest BCUT2D eigenvalue weighted by molar-refractivity contribution is 0.699. The van der Waals surface area contributed by atoms with Gasteiger partial charge in [-0.3, -0.25) is 0 Å². The van der Waals surface area contributed by atoms with Crippen LogP contribution in [0.25, 0.3) is 11.3 Å². The maximum atomic E-state index is 6.05. The predicted octanol–water partition coefficient (Wildman–Crippen LogP) is 4.60. The van der Waals surface area contributed by atoms with E-state index in [4.69, 9.17) is 17.3 Å². The van der Waals surface area contributed by atoms with Crippen LogP contribution < -0.4 is 5.73 Å². The van der Waals surface area contributed by atoms with Crippen LogP contribution in [0.2, 0.25) is 5.02 Å². The van der Waals surface area contributed by atoms with E-state index >= 15 is 0 Å². The molecule has 5 heteroatoms. The first-order valence-electron chi connectivity index (χ1n) is 6.45. The van der Waals surface area contributed by atoms with E-state index in [9.17, 15) is 0 Å². The molecule has 0 radical (unpaired) electrons. The molecule has 0 atom stereocenters. The normalized spacial score (nSPS) is 10.8. The Bertz CT molecular complexity index is 748. The Balaban J connectivity index is 1.87. The molecule has 1 heterocycles. The number of aromatic nitrogens is 2. The van der Waals surface area contributed by atoms with Gasteiger partial charge in [-0.15, -0.1) is 0 Å². The molecule has 3 rings (SSSR count). The van der Waals surface area contributed by atoms with E-state index in [1.54, 1.807) is 4.68 Å². The number of hydrogen-bond acceptors (Lipinski definition) is 2. The second-order valence-corrected chi connectivity index (χ2v) is 6.10. The molecule has 0 aliphatic carbocycles. The quantitative estimate of drug-likeness (QED) is 0.740. The minimum absolute atomic E-state index is 0.642. The van der Waals surface area contributed by atoms with Gasteiger partial charge in [-0.2, -0.15) is 5.10 Å². The highest BCUT2D eigenvalue weighted by molar-refractivity contribution is 9.10. The van der Waals surface area contributed by atoms with E-state index < -0.39 is 0 Å². The van der Waals surface area contributed by atoms with Gasteiger partial charge in [0, 0.05) is 21.1 Å². The van der Waals surface area contributed by atoms with Gasteiger partial charge in [-0.25, -0.2) is 4.68 Å². The molecule has 1 aromatic heterocycles. The predicted molar refractivity (Wildman–Crippen MR) is 90.3 cm³/mol. The van der Waals surface area contributed by atoms with Gasteiger partial charge in [0.15, 0.2) is 0 Å². The van der Waals surface area contributed by atoms with Crippen molar-refractivity contribution in [3.05, 3.63) is 69.7 Å². The number of nitrogens with zero attached hydrogens (tertiary/aromatic N) is 2. The van der Waals surface area contributed by atoms with Crippen LogP contribution in [-0.4, -0.2) is 9.78 Å². The summed E-state index contributed by atoms with van der Waals surface area (Å²) in [4.78, 5) is 0. The van der Waals surface area contributed by atoms with Crippen LogP contribution in [0.15, 0.2) is 59.1 Å². The third-order valence-corrected chi connectivity index (χ3v) is 3.98.